The van der Waals surface area contributed by atoms with Crippen molar-refractivity contribution in [2.75, 3.05) is 20.8 Å². The number of hydrogen-bond acceptors (Lipinski definition) is 6. The molecule has 0 bridgehead atoms. The third-order valence-electron chi connectivity index (χ3n) is 3.99. The summed E-state index contributed by atoms with van der Waals surface area (Å²) in [7, 11) is 3.36. The van der Waals surface area contributed by atoms with Crippen LogP contribution in [0.5, 0.6) is 0 Å². The summed E-state index contributed by atoms with van der Waals surface area (Å²) in [6.45, 7) is 0.579. The number of nitrogens with two attached hydrogens (primary N) is 1. The van der Waals surface area contributed by atoms with Crippen molar-refractivity contribution < 1.29 is 14.0 Å². The number of aromatic nitrogens is 2. The molecular formula is C14H25N3O3. The van der Waals surface area contributed by atoms with Crippen molar-refractivity contribution in [3.63, 3.8) is 0 Å². The quantitative estimate of drug-likeness (QED) is 0.827. The van der Waals surface area contributed by atoms with Crippen LogP contribution in [0.2, 0.25) is 0 Å². The van der Waals surface area contributed by atoms with E-state index in [0.717, 1.165) is 12.8 Å². The summed E-state index contributed by atoms with van der Waals surface area (Å²) in [5.74, 6) is 1.58. The van der Waals surface area contributed by atoms with Crippen molar-refractivity contribution in [3.05, 3.63) is 11.7 Å². The highest BCUT2D eigenvalue weighted by atomic mass is 16.5. The number of rotatable bonds is 7. The molecule has 1 heterocycles. The van der Waals surface area contributed by atoms with Gasteiger partial charge in [-0.25, -0.2) is 0 Å². The molecule has 2 N–H and O–H groups in total. The molecule has 1 aromatic rings. The van der Waals surface area contributed by atoms with Gasteiger partial charge < -0.3 is 19.7 Å². The normalized spacial score (nSPS) is 19.9. The standard InChI is InChI=1S/C14H25N3O3/c1-18-9-8-11(15)14-16-13(17-20-14)12(19-2)10-6-4-3-5-7-10/h10-12H,3-9,15H2,1-2H3. The number of nitrogens with zero attached hydrogens (tertiary/aromatic N) is 2. The first-order valence-corrected chi connectivity index (χ1v) is 7.37. The Bertz CT molecular complexity index is 391. The molecule has 114 valence electrons. The zero-order chi connectivity index (χ0) is 14.4. The maximum Gasteiger partial charge on any atom is 0.243 e. The predicted molar refractivity (Wildman–Crippen MR) is 74.0 cm³/mol. The van der Waals surface area contributed by atoms with Gasteiger partial charge in [-0.05, 0) is 25.2 Å². The van der Waals surface area contributed by atoms with E-state index in [-0.39, 0.29) is 12.1 Å². The van der Waals surface area contributed by atoms with Crippen LogP contribution in [0.4, 0.5) is 0 Å². The largest absolute Gasteiger partial charge is 0.385 e. The Kier molecular flexibility index (Phi) is 5.94. The molecule has 1 fully saturated rings. The Balaban J connectivity index is 2.01. The van der Waals surface area contributed by atoms with Crippen LogP contribution in [0.3, 0.4) is 0 Å². The van der Waals surface area contributed by atoms with Crippen LogP contribution in [0.25, 0.3) is 0 Å². The van der Waals surface area contributed by atoms with Crippen molar-refractivity contribution >= 4 is 0 Å². The smallest absolute Gasteiger partial charge is 0.243 e. The van der Waals surface area contributed by atoms with Crippen LogP contribution >= 0.6 is 0 Å². The maximum atomic E-state index is 6.00. The molecule has 0 radical (unpaired) electrons. The van der Waals surface area contributed by atoms with Crippen LogP contribution in [0.1, 0.15) is 62.4 Å². The number of methoxy groups -OCH3 is 2. The molecule has 2 unspecified atom stereocenters. The van der Waals surface area contributed by atoms with Gasteiger partial charge in [0.2, 0.25) is 11.7 Å². The van der Waals surface area contributed by atoms with E-state index < -0.39 is 0 Å². The third kappa shape index (κ3) is 3.77. The SMILES string of the molecule is COCCC(N)c1nc(C(OC)C2CCCCC2)no1. The third-order valence-corrected chi connectivity index (χ3v) is 3.99. The van der Waals surface area contributed by atoms with E-state index in [0.29, 0.717) is 30.7 Å². The minimum absolute atomic E-state index is 0.0811. The molecule has 0 aromatic carbocycles. The lowest BCUT2D eigenvalue weighted by molar-refractivity contribution is 0.0273. The zero-order valence-electron chi connectivity index (χ0n) is 12.4. The van der Waals surface area contributed by atoms with E-state index in [4.69, 9.17) is 19.7 Å². The van der Waals surface area contributed by atoms with E-state index in [2.05, 4.69) is 10.1 Å². The first-order valence-electron chi connectivity index (χ1n) is 7.37. The van der Waals surface area contributed by atoms with Gasteiger partial charge in [-0.15, -0.1) is 0 Å². The highest BCUT2D eigenvalue weighted by Gasteiger charge is 2.29. The second kappa shape index (κ2) is 7.71. The minimum atomic E-state index is -0.278. The molecule has 0 aliphatic heterocycles. The summed E-state index contributed by atoms with van der Waals surface area (Å²) in [5.41, 5.74) is 6.00. The van der Waals surface area contributed by atoms with Crippen molar-refractivity contribution in [2.24, 2.45) is 11.7 Å². The van der Waals surface area contributed by atoms with Gasteiger partial charge in [-0.2, -0.15) is 4.98 Å². The Labute approximate surface area is 120 Å². The monoisotopic (exact) mass is 283 g/mol. The second-order valence-electron chi connectivity index (χ2n) is 5.43. The maximum absolute atomic E-state index is 6.00. The van der Waals surface area contributed by atoms with Gasteiger partial charge in [0.25, 0.3) is 0 Å². The van der Waals surface area contributed by atoms with Crippen molar-refractivity contribution in [3.8, 4) is 0 Å². The van der Waals surface area contributed by atoms with Crippen LogP contribution in [0.15, 0.2) is 4.52 Å². The lowest BCUT2D eigenvalue weighted by Gasteiger charge is -2.26. The Morgan fingerprint density at radius 1 is 1.30 bits per heavy atom. The van der Waals surface area contributed by atoms with E-state index in [1.165, 1.54) is 19.3 Å². The first kappa shape index (κ1) is 15.4. The van der Waals surface area contributed by atoms with E-state index in [1.54, 1.807) is 14.2 Å². The average Bonchev–Trinajstić information content (AvgIpc) is 2.96. The van der Waals surface area contributed by atoms with Gasteiger partial charge >= 0.3 is 0 Å². The van der Waals surface area contributed by atoms with Crippen molar-refractivity contribution in [2.45, 2.75) is 50.7 Å². The molecule has 0 saturated heterocycles. The molecule has 2 rings (SSSR count). The number of ether oxygens (including phenoxy) is 2. The second-order valence-corrected chi connectivity index (χ2v) is 5.43. The molecule has 20 heavy (non-hydrogen) atoms. The van der Waals surface area contributed by atoms with E-state index in [1.807, 2.05) is 0 Å². The Morgan fingerprint density at radius 2 is 2.05 bits per heavy atom. The van der Waals surface area contributed by atoms with Crippen molar-refractivity contribution in [1.82, 2.24) is 10.1 Å². The fourth-order valence-corrected chi connectivity index (χ4v) is 2.83. The molecule has 1 saturated carbocycles. The van der Waals surface area contributed by atoms with E-state index in [9.17, 15) is 0 Å². The van der Waals surface area contributed by atoms with Gasteiger partial charge in [0, 0.05) is 20.8 Å². The minimum Gasteiger partial charge on any atom is -0.385 e. The van der Waals surface area contributed by atoms with Crippen LogP contribution in [-0.2, 0) is 9.47 Å². The average molecular weight is 283 g/mol. The summed E-state index contributed by atoms with van der Waals surface area (Å²) >= 11 is 0. The summed E-state index contributed by atoms with van der Waals surface area (Å²) < 4.78 is 15.9. The molecular weight excluding hydrogens is 258 g/mol. The van der Waals surface area contributed by atoms with Crippen LogP contribution in [-0.4, -0.2) is 31.0 Å². The molecule has 1 aliphatic carbocycles. The van der Waals surface area contributed by atoms with Gasteiger partial charge in [0.05, 0.1) is 6.04 Å². The highest BCUT2D eigenvalue weighted by molar-refractivity contribution is 4.97. The summed E-state index contributed by atoms with van der Waals surface area (Å²) in [5, 5.41) is 4.06. The molecule has 1 aromatic heterocycles. The number of hydrogen-bond donors (Lipinski definition) is 1. The molecule has 2 atom stereocenters. The first-order chi connectivity index (χ1) is 9.76. The highest BCUT2D eigenvalue weighted by Crippen LogP contribution is 2.35. The molecule has 6 nitrogen and oxygen atoms in total. The molecule has 0 amide bonds. The van der Waals surface area contributed by atoms with Crippen molar-refractivity contribution in [1.29, 1.82) is 0 Å². The van der Waals surface area contributed by atoms with Crippen LogP contribution < -0.4 is 5.73 Å². The Morgan fingerprint density at radius 3 is 2.70 bits per heavy atom. The Hall–Kier alpha value is -0.980. The van der Waals surface area contributed by atoms with Gasteiger partial charge in [0.1, 0.15) is 6.10 Å². The molecule has 1 aliphatic rings. The van der Waals surface area contributed by atoms with Gasteiger partial charge in [-0.3, -0.25) is 0 Å². The summed E-state index contributed by atoms with van der Waals surface area (Å²) in [6, 6.07) is -0.278. The fraction of sp³-hybridized carbons (Fsp3) is 0.857. The van der Waals surface area contributed by atoms with Crippen LogP contribution in [0, 0.1) is 5.92 Å². The predicted octanol–water partition coefficient (Wildman–Crippen LogP) is 2.37. The summed E-state index contributed by atoms with van der Waals surface area (Å²) in [6.07, 6.45) is 6.73. The summed E-state index contributed by atoms with van der Waals surface area (Å²) in [4.78, 5) is 4.43. The van der Waals surface area contributed by atoms with Gasteiger partial charge in [-0.1, -0.05) is 24.4 Å². The molecule has 0 spiro atoms. The fourth-order valence-electron chi connectivity index (χ4n) is 2.83. The van der Waals surface area contributed by atoms with Gasteiger partial charge in [0.15, 0.2) is 0 Å². The topological polar surface area (TPSA) is 83.4 Å². The lowest BCUT2D eigenvalue weighted by atomic mass is 9.85. The van der Waals surface area contributed by atoms with E-state index >= 15 is 0 Å². The zero-order valence-corrected chi connectivity index (χ0v) is 12.4. The lowest BCUT2D eigenvalue weighted by Crippen LogP contribution is -2.19. The molecule has 6 heteroatoms.